The molecule has 8 heteroatoms. The number of hydrogen-bond acceptors (Lipinski definition) is 7. The van der Waals surface area contributed by atoms with Crippen LogP contribution in [-0.4, -0.2) is 53.0 Å². The van der Waals surface area contributed by atoms with E-state index in [2.05, 4.69) is 20.3 Å². The number of nitrogens with zero attached hydrogens (tertiary/aromatic N) is 4. The Kier molecular flexibility index (Phi) is 5.73. The van der Waals surface area contributed by atoms with Crippen molar-refractivity contribution in [2.45, 2.75) is 32.2 Å². The van der Waals surface area contributed by atoms with Crippen LogP contribution in [0, 0.1) is 6.92 Å². The number of carbonyl (C=O) groups is 1. The normalized spacial score (nSPS) is 14.9. The zero-order valence-corrected chi connectivity index (χ0v) is 17.8. The first-order chi connectivity index (χ1) is 14.1. The summed E-state index contributed by atoms with van der Waals surface area (Å²) in [6.45, 7) is 4.51. The van der Waals surface area contributed by atoms with Crippen LogP contribution in [0.3, 0.4) is 0 Å². The number of piperidine rings is 1. The maximum absolute atomic E-state index is 13.2. The largest absolute Gasteiger partial charge is 0.481 e. The van der Waals surface area contributed by atoms with Gasteiger partial charge in [-0.15, -0.1) is 11.3 Å². The van der Waals surface area contributed by atoms with Gasteiger partial charge in [0.25, 0.3) is 5.91 Å². The summed E-state index contributed by atoms with van der Waals surface area (Å²) in [6.07, 6.45) is 5.46. The molecule has 4 heterocycles. The monoisotopic (exact) mass is 411 g/mol. The molecular formula is C21H25N5O2S. The topological polar surface area (TPSA) is 80.2 Å². The molecule has 0 saturated carbocycles. The van der Waals surface area contributed by atoms with E-state index in [0.717, 1.165) is 57.8 Å². The molecule has 0 aliphatic carbocycles. The maximum atomic E-state index is 13.2. The van der Waals surface area contributed by atoms with Crippen molar-refractivity contribution in [1.29, 1.82) is 0 Å². The summed E-state index contributed by atoms with van der Waals surface area (Å²) in [4.78, 5) is 29.8. The highest BCUT2D eigenvalue weighted by molar-refractivity contribution is 7.20. The van der Waals surface area contributed by atoms with Crippen LogP contribution >= 0.6 is 11.3 Å². The van der Waals surface area contributed by atoms with E-state index in [0.29, 0.717) is 18.3 Å². The third-order valence-electron chi connectivity index (χ3n) is 5.45. The predicted octanol–water partition coefficient (Wildman–Crippen LogP) is 3.14. The van der Waals surface area contributed by atoms with Crippen molar-refractivity contribution in [3.8, 4) is 5.88 Å². The lowest BCUT2D eigenvalue weighted by atomic mass is 9.91. The van der Waals surface area contributed by atoms with Crippen molar-refractivity contribution in [2.24, 2.45) is 0 Å². The van der Waals surface area contributed by atoms with Gasteiger partial charge in [-0.05, 0) is 50.0 Å². The molecule has 3 aromatic heterocycles. The number of hydrogen-bond donors (Lipinski definition) is 1. The van der Waals surface area contributed by atoms with E-state index >= 15 is 0 Å². The summed E-state index contributed by atoms with van der Waals surface area (Å²) in [7, 11) is 3.40. The average molecular weight is 412 g/mol. The zero-order chi connectivity index (χ0) is 20.4. The van der Waals surface area contributed by atoms with Gasteiger partial charge < -0.3 is 15.0 Å². The Bertz CT molecular complexity index is 1030. The van der Waals surface area contributed by atoms with E-state index in [9.17, 15) is 4.79 Å². The number of nitrogens with one attached hydrogen (secondary N) is 1. The molecular weight excluding hydrogens is 386 g/mol. The van der Waals surface area contributed by atoms with Crippen LogP contribution in [-0.2, 0) is 6.54 Å². The highest BCUT2D eigenvalue weighted by Gasteiger charge is 2.25. The molecule has 0 atom stereocenters. The second kappa shape index (κ2) is 8.42. The van der Waals surface area contributed by atoms with Crippen molar-refractivity contribution in [1.82, 2.24) is 25.2 Å². The second-order valence-corrected chi connectivity index (χ2v) is 8.39. The molecule has 1 aliphatic rings. The summed E-state index contributed by atoms with van der Waals surface area (Å²) >= 11 is 1.46. The van der Waals surface area contributed by atoms with Crippen LogP contribution in [0.4, 0.5) is 0 Å². The fourth-order valence-corrected chi connectivity index (χ4v) is 5.04. The van der Waals surface area contributed by atoms with E-state index in [4.69, 9.17) is 4.74 Å². The predicted molar refractivity (Wildman–Crippen MR) is 114 cm³/mol. The van der Waals surface area contributed by atoms with Gasteiger partial charge >= 0.3 is 0 Å². The van der Waals surface area contributed by atoms with Crippen LogP contribution < -0.4 is 10.1 Å². The van der Waals surface area contributed by atoms with Gasteiger partial charge in [-0.3, -0.25) is 4.79 Å². The fourth-order valence-electron chi connectivity index (χ4n) is 3.89. The van der Waals surface area contributed by atoms with Crippen LogP contribution in [0.2, 0.25) is 0 Å². The highest BCUT2D eigenvalue weighted by atomic mass is 32.1. The van der Waals surface area contributed by atoms with Gasteiger partial charge in [-0.25, -0.2) is 15.0 Å². The molecule has 4 rings (SSSR count). The molecule has 1 N–H and O–H groups in total. The Labute approximate surface area is 174 Å². The van der Waals surface area contributed by atoms with Crippen molar-refractivity contribution < 1.29 is 9.53 Å². The van der Waals surface area contributed by atoms with E-state index in [1.165, 1.54) is 11.3 Å². The number of thiophene rings is 1. The maximum Gasteiger partial charge on any atom is 0.264 e. The SMILES string of the molecule is COc1cc(CN(C)C(=O)c2sc3ncnc(C4CCNCC4)c3c2C)ccn1. The average Bonchev–Trinajstić information content (AvgIpc) is 3.10. The first kappa shape index (κ1) is 19.7. The van der Waals surface area contributed by atoms with Gasteiger partial charge in [0.1, 0.15) is 11.2 Å². The molecule has 29 heavy (non-hydrogen) atoms. The standard InChI is InChI=1S/C21H25N5O2S/c1-13-17-18(15-5-7-22-8-6-15)24-12-25-20(17)29-19(13)21(27)26(2)11-14-4-9-23-16(10-14)28-3/h4,9-10,12,15,22H,5-8,11H2,1-3H3. The number of amides is 1. The zero-order valence-electron chi connectivity index (χ0n) is 16.9. The quantitative estimate of drug-likeness (QED) is 0.695. The lowest BCUT2D eigenvalue weighted by Gasteiger charge is -2.22. The number of fused-ring (bicyclic) bond motifs is 1. The molecule has 0 unspecified atom stereocenters. The summed E-state index contributed by atoms with van der Waals surface area (Å²) in [5.41, 5.74) is 3.05. The molecule has 1 saturated heterocycles. The van der Waals surface area contributed by atoms with Crippen molar-refractivity contribution in [2.75, 3.05) is 27.2 Å². The van der Waals surface area contributed by atoms with Crippen LogP contribution in [0.25, 0.3) is 10.2 Å². The summed E-state index contributed by atoms with van der Waals surface area (Å²) in [5, 5.41) is 4.46. The molecule has 152 valence electrons. The smallest absolute Gasteiger partial charge is 0.264 e. The first-order valence-electron chi connectivity index (χ1n) is 9.77. The third kappa shape index (κ3) is 3.95. The lowest BCUT2D eigenvalue weighted by molar-refractivity contribution is 0.0789. The Morgan fingerprint density at radius 2 is 2.10 bits per heavy atom. The molecule has 1 aliphatic heterocycles. The van der Waals surface area contributed by atoms with Crippen molar-refractivity contribution >= 4 is 27.5 Å². The minimum Gasteiger partial charge on any atom is -0.481 e. The van der Waals surface area contributed by atoms with E-state index < -0.39 is 0 Å². The minimum atomic E-state index is -0.00228. The molecule has 7 nitrogen and oxygen atoms in total. The fraction of sp³-hybridized carbons (Fsp3) is 0.429. The second-order valence-electron chi connectivity index (χ2n) is 7.39. The van der Waals surface area contributed by atoms with Gasteiger partial charge in [0.05, 0.1) is 17.7 Å². The Morgan fingerprint density at radius 1 is 1.31 bits per heavy atom. The van der Waals surface area contributed by atoms with Gasteiger partial charge in [0.2, 0.25) is 5.88 Å². The van der Waals surface area contributed by atoms with Gasteiger partial charge in [0.15, 0.2) is 0 Å². The summed E-state index contributed by atoms with van der Waals surface area (Å²) < 4.78 is 5.18. The Hall–Kier alpha value is -2.58. The number of aryl methyl sites for hydroxylation is 1. The van der Waals surface area contributed by atoms with Crippen molar-refractivity contribution in [3.05, 3.63) is 46.4 Å². The molecule has 0 bridgehead atoms. The van der Waals surface area contributed by atoms with Gasteiger partial charge in [-0.1, -0.05) is 0 Å². The van der Waals surface area contributed by atoms with E-state index in [1.807, 2.05) is 26.1 Å². The van der Waals surface area contributed by atoms with Gasteiger partial charge in [0, 0.05) is 37.2 Å². The first-order valence-corrected chi connectivity index (χ1v) is 10.6. The number of ether oxygens (including phenoxy) is 1. The number of rotatable bonds is 5. The third-order valence-corrected chi connectivity index (χ3v) is 6.64. The molecule has 0 spiro atoms. The number of methoxy groups -OCH3 is 1. The molecule has 0 aromatic carbocycles. The van der Waals surface area contributed by atoms with Crippen LogP contribution in [0.15, 0.2) is 24.7 Å². The summed E-state index contributed by atoms with van der Waals surface area (Å²) in [5.74, 6) is 0.959. The number of pyridine rings is 1. The van der Waals surface area contributed by atoms with Gasteiger partial charge in [-0.2, -0.15) is 0 Å². The summed E-state index contributed by atoms with van der Waals surface area (Å²) in [6, 6.07) is 3.74. The number of carbonyl (C=O) groups excluding carboxylic acids is 1. The Morgan fingerprint density at radius 3 is 2.86 bits per heavy atom. The molecule has 0 radical (unpaired) electrons. The van der Waals surface area contributed by atoms with E-state index in [1.54, 1.807) is 24.5 Å². The van der Waals surface area contributed by atoms with Crippen LogP contribution in [0.1, 0.15) is 45.3 Å². The molecule has 3 aromatic rings. The molecule has 1 fully saturated rings. The van der Waals surface area contributed by atoms with Crippen LogP contribution in [0.5, 0.6) is 5.88 Å². The molecule has 1 amide bonds. The van der Waals surface area contributed by atoms with Crippen molar-refractivity contribution in [3.63, 3.8) is 0 Å². The highest BCUT2D eigenvalue weighted by Crippen LogP contribution is 2.36. The van der Waals surface area contributed by atoms with E-state index in [-0.39, 0.29) is 5.91 Å². The number of aromatic nitrogens is 3. The minimum absolute atomic E-state index is 0.00228. The Balaban J connectivity index is 1.63. The lowest BCUT2D eigenvalue weighted by Crippen LogP contribution is -2.27.